The van der Waals surface area contributed by atoms with Crippen LogP contribution in [0.15, 0.2) is 35.7 Å². The fraction of sp³-hybridized carbons (Fsp3) is 0.267. The monoisotopic (exact) mass is 352 g/mol. The van der Waals surface area contributed by atoms with Crippen molar-refractivity contribution in [3.05, 3.63) is 58.3 Å². The largest absolute Gasteiger partial charge is 0.287 e. The molecule has 1 N–H and O–H groups in total. The first-order chi connectivity index (χ1) is 10.9. The third-order valence-electron chi connectivity index (χ3n) is 3.62. The van der Waals surface area contributed by atoms with E-state index in [1.165, 1.54) is 6.08 Å². The van der Waals surface area contributed by atoms with Gasteiger partial charge in [0.2, 0.25) is 0 Å². The van der Waals surface area contributed by atoms with Crippen molar-refractivity contribution in [3.8, 4) is 0 Å². The molecule has 1 aliphatic heterocycles. The van der Waals surface area contributed by atoms with Crippen LogP contribution >= 0.6 is 0 Å². The summed E-state index contributed by atoms with van der Waals surface area (Å²) in [6.45, 7) is 0.478. The quantitative estimate of drug-likeness (QED) is 0.844. The van der Waals surface area contributed by atoms with Crippen LogP contribution in [0, 0.1) is 0 Å². The van der Waals surface area contributed by atoms with Crippen molar-refractivity contribution in [1.29, 1.82) is 0 Å². The molecule has 23 heavy (non-hydrogen) atoms. The highest BCUT2D eigenvalue weighted by atomic mass is 32.2. The molecule has 2 heterocycles. The van der Waals surface area contributed by atoms with E-state index in [0.29, 0.717) is 30.2 Å². The molecule has 1 aromatic heterocycles. The van der Waals surface area contributed by atoms with Gasteiger partial charge >= 0.3 is 0 Å². The third-order valence-corrected chi connectivity index (χ3v) is 5.37. The predicted octanol–water partition coefficient (Wildman–Crippen LogP) is 1.59. The van der Waals surface area contributed by atoms with Crippen LogP contribution in [0.3, 0.4) is 0 Å². The Morgan fingerprint density at radius 1 is 1.30 bits per heavy atom. The van der Waals surface area contributed by atoms with Gasteiger partial charge in [0.25, 0.3) is 10.1 Å². The lowest BCUT2D eigenvalue weighted by molar-refractivity contribution is 0.494. The van der Waals surface area contributed by atoms with Crippen LogP contribution in [0.25, 0.3) is 6.08 Å². The molecular formula is C15H16N2O4S2. The average molecular weight is 352 g/mol. The Balaban J connectivity index is 2.04. The lowest BCUT2D eigenvalue weighted by Gasteiger charge is -2.10. The van der Waals surface area contributed by atoms with Gasteiger partial charge in [0.15, 0.2) is 0 Å². The van der Waals surface area contributed by atoms with Gasteiger partial charge in [0, 0.05) is 28.5 Å². The van der Waals surface area contributed by atoms with E-state index in [4.69, 9.17) is 4.55 Å². The minimum Gasteiger partial charge on any atom is -0.282 e. The first-order valence-corrected chi connectivity index (χ1v) is 10.0. The maximum Gasteiger partial charge on any atom is 0.287 e. The van der Waals surface area contributed by atoms with Crippen LogP contribution in [-0.4, -0.2) is 32.7 Å². The molecule has 1 aromatic carbocycles. The van der Waals surface area contributed by atoms with Crippen molar-refractivity contribution < 1.29 is 17.2 Å². The molecule has 1 unspecified atom stereocenters. The maximum absolute atomic E-state index is 11.8. The van der Waals surface area contributed by atoms with Gasteiger partial charge < -0.3 is 0 Å². The molecule has 1 aliphatic rings. The van der Waals surface area contributed by atoms with E-state index in [1.54, 1.807) is 4.68 Å². The highest BCUT2D eigenvalue weighted by molar-refractivity contribution is 7.88. The van der Waals surface area contributed by atoms with Gasteiger partial charge in [0.05, 0.1) is 29.1 Å². The van der Waals surface area contributed by atoms with E-state index < -0.39 is 20.9 Å². The van der Waals surface area contributed by atoms with Gasteiger partial charge in [-0.3, -0.25) is 13.4 Å². The maximum atomic E-state index is 11.8. The minimum absolute atomic E-state index is 0.356. The average Bonchev–Trinajstić information content (AvgIpc) is 2.82. The summed E-state index contributed by atoms with van der Waals surface area (Å²) in [6, 6.07) is 9.66. The van der Waals surface area contributed by atoms with Crippen LogP contribution in [0.2, 0.25) is 0 Å². The van der Waals surface area contributed by atoms with Crippen molar-refractivity contribution >= 4 is 27.0 Å². The van der Waals surface area contributed by atoms with Crippen molar-refractivity contribution in [3.63, 3.8) is 0 Å². The molecule has 1 atom stereocenters. The Morgan fingerprint density at radius 3 is 2.74 bits per heavy atom. The van der Waals surface area contributed by atoms with E-state index in [9.17, 15) is 12.6 Å². The molecule has 6 nitrogen and oxygen atoms in total. The molecule has 0 spiro atoms. The summed E-state index contributed by atoms with van der Waals surface area (Å²) in [5, 5.41) is 5.28. The Labute approximate surface area is 137 Å². The smallest absolute Gasteiger partial charge is 0.282 e. The second-order valence-corrected chi connectivity index (χ2v) is 8.19. The molecule has 2 aromatic rings. The summed E-state index contributed by atoms with van der Waals surface area (Å²) in [5.74, 6) is 0.923. The third kappa shape index (κ3) is 3.95. The zero-order valence-electron chi connectivity index (χ0n) is 12.3. The summed E-state index contributed by atoms with van der Waals surface area (Å²) in [7, 11) is -5.20. The second-order valence-electron chi connectivity index (χ2n) is 5.31. The fourth-order valence-electron chi connectivity index (χ4n) is 2.58. The van der Waals surface area contributed by atoms with E-state index >= 15 is 0 Å². The molecule has 0 amide bonds. The van der Waals surface area contributed by atoms with E-state index in [2.05, 4.69) is 5.10 Å². The first kappa shape index (κ1) is 16.1. The first-order valence-electron chi connectivity index (χ1n) is 7.05. The summed E-state index contributed by atoms with van der Waals surface area (Å²) in [5.41, 5.74) is 3.24. The van der Waals surface area contributed by atoms with Gasteiger partial charge in [-0.2, -0.15) is 13.5 Å². The van der Waals surface area contributed by atoms with Gasteiger partial charge in [-0.25, -0.2) is 0 Å². The number of fused-ring (bicyclic) bond motifs is 1. The fourth-order valence-corrected chi connectivity index (χ4v) is 4.08. The topological polar surface area (TPSA) is 89.3 Å². The number of nitrogens with zero attached hydrogens (tertiary/aromatic N) is 2. The lowest BCUT2D eigenvalue weighted by Crippen LogP contribution is -2.12. The van der Waals surface area contributed by atoms with Crippen molar-refractivity contribution in [2.45, 2.75) is 18.7 Å². The molecule has 0 saturated carbocycles. The second kappa shape index (κ2) is 6.38. The zero-order valence-corrected chi connectivity index (χ0v) is 13.9. The van der Waals surface area contributed by atoms with Crippen molar-refractivity contribution in [2.24, 2.45) is 0 Å². The summed E-state index contributed by atoms with van der Waals surface area (Å²) in [6.07, 6.45) is 1.93. The molecule has 0 aliphatic carbocycles. The zero-order chi connectivity index (χ0) is 16.4. The normalized spacial score (nSPS) is 18.2. The van der Waals surface area contributed by atoms with Crippen LogP contribution in [0.4, 0.5) is 0 Å². The number of aromatic nitrogens is 2. The lowest BCUT2D eigenvalue weighted by atomic mass is 10.1. The van der Waals surface area contributed by atoms with Crippen LogP contribution in [0.1, 0.15) is 22.5 Å². The molecular weight excluding hydrogens is 336 g/mol. The highest BCUT2D eigenvalue weighted by Gasteiger charge is 2.23. The Hall–Kier alpha value is -1.77. The number of benzene rings is 1. The van der Waals surface area contributed by atoms with Gasteiger partial charge in [0.1, 0.15) is 0 Å². The van der Waals surface area contributed by atoms with Crippen molar-refractivity contribution in [2.75, 3.05) is 5.75 Å². The molecule has 3 rings (SSSR count). The van der Waals surface area contributed by atoms with Gasteiger partial charge in [-0.15, -0.1) is 0 Å². The molecule has 0 fully saturated rings. The molecule has 0 saturated heterocycles. The predicted molar refractivity (Wildman–Crippen MR) is 88.8 cm³/mol. The van der Waals surface area contributed by atoms with Gasteiger partial charge in [-0.1, -0.05) is 30.3 Å². The Kier molecular flexibility index (Phi) is 4.47. The standard InChI is InChI=1S/C15H16N2O4S2/c18-22-8-6-14-13(11-22)15(7-9-23(19,20)21)17(16-14)10-12-4-2-1-3-5-12/h1-5,7,9H,6,8,10-11H2,(H,19,20,21)/b9-7+. The molecule has 122 valence electrons. The molecule has 0 bridgehead atoms. The van der Waals surface area contributed by atoms with Crippen LogP contribution in [0.5, 0.6) is 0 Å². The highest BCUT2D eigenvalue weighted by Crippen LogP contribution is 2.24. The van der Waals surface area contributed by atoms with Gasteiger partial charge in [-0.05, 0) is 11.6 Å². The molecule has 8 heteroatoms. The summed E-state index contributed by atoms with van der Waals surface area (Å²) < 4.78 is 44.5. The summed E-state index contributed by atoms with van der Waals surface area (Å²) in [4.78, 5) is 0. The van der Waals surface area contributed by atoms with E-state index in [1.807, 2.05) is 30.3 Å². The van der Waals surface area contributed by atoms with Crippen molar-refractivity contribution in [1.82, 2.24) is 9.78 Å². The van der Waals surface area contributed by atoms with E-state index in [0.717, 1.165) is 22.2 Å². The Morgan fingerprint density at radius 2 is 2.04 bits per heavy atom. The molecule has 0 radical (unpaired) electrons. The Bertz CT molecular complexity index is 870. The SMILES string of the molecule is O=S1CCc2nn(Cc3ccccc3)c(/C=C/S(=O)(=O)O)c2C1. The number of hydrogen-bond acceptors (Lipinski definition) is 4. The number of hydrogen-bond donors (Lipinski definition) is 1. The van der Waals surface area contributed by atoms with Crippen LogP contribution < -0.4 is 0 Å². The minimum atomic E-state index is -4.23. The van der Waals surface area contributed by atoms with E-state index in [-0.39, 0.29) is 0 Å². The summed E-state index contributed by atoms with van der Waals surface area (Å²) >= 11 is 0. The van der Waals surface area contributed by atoms with Crippen LogP contribution in [-0.2, 0) is 39.6 Å². The number of rotatable bonds is 4. The number of aryl methyl sites for hydroxylation is 1.